The summed E-state index contributed by atoms with van der Waals surface area (Å²) in [6, 6.07) is 0. The van der Waals surface area contributed by atoms with E-state index in [1.807, 2.05) is 11.8 Å². The molecule has 1 atom stereocenters. The fourth-order valence-electron chi connectivity index (χ4n) is 3.38. The van der Waals surface area contributed by atoms with E-state index in [1.54, 1.807) is 11.3 Å². The minimum atomic E-state index is 0.206. The molecule has 0 radical (unpaired) electrons. The van der Waals surface area contributed by atoms with E-state index in [0.717, 1.165) is 55.9 Å². The third kappa shape index (κ3) is 4.15. The first-order valence-corrected chi connectivity index (χ1v) is 10.0. The van der Waals surface area contributed by atoms with Crippen molar-refractivity contribution in [1.29, 1.82) is 0 Å². The molecule has 0 aromatic carbocycles. The first-order valence-electron chi connectivity index (χ1n) is 9.17. The molecule has 1 aromatic rings. The predicted octanol–water partition coefficient (Wildman–Crippen LogP) is 2.72. The number of aromatic nitrogens is 1. The van der Waals surface area contributed by atoms with Gasteiger partial charge in [-0.3, -0.25) is 9.59 Å². The fraction of sp³-hybridized carbons (Fsp3) is 0.722. The Balaban J connectivity index is 1.47. The van der Waals surface area contributed by atoms with Crippen LogP contribution in [-0.4, -0.2) is 41.3 Å². The van der Waals surface area contributed by atoms with Gasteiger partial charge in [-0.2, -0.15) is 0 Å². The largest absolute Gasteiger partial charge is 0.355 e. The van der Waals surface area contributed by atoms with Crippen molar-refractivity contribution < 1.29 is 9.59 Å². The second kappa shape index (κ2) is 8.10. The normalized spacial score (nSPS) is 21.4. The summed E-state index contributed by atoms with van der Waals surface area (Å²) in [6.45, 7) is 4.28. The van der Waals surface area contributed by atoms with Crippen LogP contribution in [0.4, 0.5) is 0 Å². The summed E-state index contributed by atoms with van der Waals surface area (Å²) in [5.74, 6) is 1.07. The van der Waals surface area contributed by atoms with Gasteiger partial charge < -0.3 is 10.2 Å². The molecule has 6 heteroatoms. The number of nitrogens with one attached hydrogen (secondary N) is 1. The number of thiazole rings is 1. The van der Waals surface area contributed by atoms with Gasteiger partial charge >= 0.3 is 0 Å². The number of hydrogen-bond donors (Lipinski definition) is 1. The summed E-state index contributed by atoms with van der Waals surface area (Å²) in [5, 5.41) is 6.27. The van der Waals surface area contributed by atoms with E-state index in [9.17, 15) is 9.59 Å². The van der Waals surface area contributed by atoms with Gasteiger partial charge in [-0.05, 0) is 25.7 Å². The maximum absolute atomic E-state index is 11.9. The molecule has 132 valence electrons. The van der Waals surface area contributed by atoms with E-state index >= 15 is 0 Å². The zero-order valence-electron chi connectivity index (χ0n) is 14.4. The second-order valence-corrected chi connectivity index (χ2v) is 7.77. The Bertz CT molecular complexity index is 583. The smallest absolute Gasteiger partial charge is 0.223 e. The average Bonchev–Trinajstić information content (AvgIpc) is 3.01. The molecule has 1 unspecified atom stereocenters. The Morgan fingerprint density at radius 2 is 2.17 bits per heavy atom. The first-order chi connectivity index (χ1) is 11.7. The molecule has 1 aliphatic carbocycles. The quantitative estimate of drug-likeness (QED) is 0.859. The van der Waals surface area contributed by atoms with Crippen molar-refractivity contribution >= 4 is 23.2 Å². The number of amides is 2. The lowest BCUT2D eigenvalue weighted by molar-refractivity contribution is -0.132. The van der Waals surface area contributed by atoms with Crippen LogP contribution in [0.25, 0.3) is 0 Å². The molecule has 1 aromatic heterocycles. The van der Waals surface area contributed by atoms with Crippen LogP contribution < -0.4 is 5.32 Å². The van der Waals surface area contributed by atoms with Crippen LogP contribution in [-0.2, 0) is 16.0 Å². The number of carbonyl (C=O) groups excluding carboxylic acids is 2. The molecule has 5 nitrogen and oxygen atoms in total. The van der Waals surface area contributed by atoms with Crippen LogP contribution in [0.3, 0.4) is 0 Å². The SMILES string of the molecule is CCC(=O)N1CCCC(c2nc(CCNC(=O)C3CCC3)cs2)C1. The zero-order valence-corrected chi connectivity index (χ0v) is 15.2. The summed E-state index contributed by atoms with van der Waals surface area (Å²) < 4.78 is 0. The lowest BCUT2D eigenvalue weighted by Crippen LogP contribution is -2.38. The molecule has 24 heavy (non-hydrogen) atoms. The zero-order chi connectivity index (χ0) is 16.9. The number of hydrogen-bond acceptors (Lipinski definition) is 4. The van der Waals surface area contributed by atoms with Gasteiger partial charge in [0.05, 0.1) is 10.7 Å². The summed E-state index contributed by atoms with van der Waals surface area (Å²) >= 11 is 1.70. The van der Waals surface area contributed by atoms with Crippen molar-refractivity contribution in [1.82, 2.24) is 15.2 Å². The van der Waals surface area contributed by atoms with E-state index in [4.69, 9.17) is 4.98 Å². The molecule has 1 saturated carbocycles. The highest BCUT2D eigenvalue weighted by molar-refractivity contribution is 7.09. The van der Waals surface area contributed by atoms with Gasteiger partial charge in [0.1, 0.15) is 0 Å². The van der Waals surface area contributed by atoms with Crippen molar-refractivity contribution in [2.45, 2.75) is 57.8 Å². The fourth-order valence-corrected chi connectivity index (χ4v) is 4.36. The minimum absolute atomic E-state index is 0.206. The molecule has 2 fully saturated rings. The van der Waals surface area contributed by atoms with Crippen molar-refractivity contribution in [3.8, 4) is 0 Å². The lowest BCUT2D eigenvalue weighted by Gasteiger charge is -2.31. The van der Waals surface area contributed by atoms with Crippen molar-refractivity contribution in [2.75, 3.05) is 19.6 Å². The number of nitrogens with zero attached hydrogens (tertiary/aromatic N) is 2. The highest BCUT2D eigenvalue weighted by atomic mass is 32.1. The molecule has 0 spiro atoms. The van der Waals surface area contributed by atoms with Gasteiger partial charge in [-0.1, -0.05) is 13.3 Å². The van der Waals surface area contributed by atoms with Crippen LogP contribution in [0.1, 0.15) is 62.1 Å². The molecular formula is C18H27N3O2S. The van der Waals surface area contributed by atoms with Crippen LogP contribution in [0.5, 0.6) is 0 Å². The Kier molecular flexibility index (Phi) is 5.87. The maximum atomic E-state index is 11.9. The van der Waals surface area contributed by atoms with E-state index in [0.29, 0.717) is 18.9 Å². The Labute approximate surface area is 147 Å². The highest BCUT2D eigenvalue weighted by Crippen LogP contribution is 2.30. The van der Waals surface area contributed by atoms with E-state index in [2.05, 4.69) is 10.7 Å². The van der Waals surface area contributed by atoms with Crippen LogP contribution in [0.15, 0.2) is 5.38 Å². The van der Waals surface area contributed by atoms with Crippen LogP contribution >= 0.6 is 11.3 Å². The van der Waals surface area contributed by atoms with Crippen molar-refractivity contribution in [3.05, 3.63) is 16.1 Å². The van der Waals surface area contributed by atoms with Crippen molar-refractivity contribution in [3.63, 3.8) is 0 Å². The first kappa shape index (κ1) is 17.4. The third-order valence-electron chi connectivity index (χ3n) is 5.15. The van der Waals surface area contributed by atoms with Gasteiger partial charge in [0, 0.05) is 49.7 Å². The van der Waals surface area contributed by atoms with Gasteiger partial charge in [-0.25, -0.2) is 4.98 Å². The summed E-state index contributed by atoms with van der Waals surface area (Å²) in [5.41, 5.74) is 1.06. The van der Waals surface area contributed by atoms with Gasteiger partial charge in [-0.15, -0.1) is 11.3 Å². The summed E-state index contributed by atoms with van der Waals surface area (Å²) in [6.07, 6.45) is 6.81. The predicted molar refractivity (Wildman–Crippen MR) is 95.0 cm³/mol. The minimum Gasteiger partial charge on any atom is -0.355 e. The molecule has 1 aliphatic heterocycles. The number of likely N-dealkylation sites (tertiary alicyclic amines) is 1. The van der Waals surface area contributed by atoms with E-state index < -0.39 is 0 Å². The highest BCUT2D eigenvalue weighted by Gasteiger charge is 2.26. The van der Waals surface area contributed by atoms with Gasteiger partial charge in [0.2, 0.25) is 11.8 Å². The van der Waals surface area contributed by atoms with Gasteiger partial charge in [0.15, 0.2) is 0 Å². The number of rotatable bonds is 6. The molecule has 1 N–H and O–H groups in total. The number of carbonyl (C=O) groups is 2. The van der Waals surface area contributed by atoms with Gasteiger partial charge in [0.25, 0.3) is 0 Å². The molecule has 2 heterocycles. The lowest BCUT2D eigenvalue weighted by atomic mass is 9.85. The number of piperidine rings is 1. The maximum Gasteiger partial charge on any atom is 0.223 e. The second-order valence-electron chi connectivity index (χ2n) is 6.88. The summed E-state index contributed by atoms with van der Waals surface area (Å²) in [7, 11) is 0. The summed E-state index contributed by atoms with van der Waals surface area (Å²) in [4.78, 5) is 30.5. The molecular weight excluding hydrogens is 322 g/mol. The molecule has 2 amide bonds. The Morgan fingerprint density at radius 3 is 2.88 bits per heavy atom. The van der Waals surface area contributed by atoms with Crippen LogP contribution in [0.2, 0.25) is 0 Å². The average molecular weight is 350 g/mol. The standard InChI is InChI=1S/C18H27N3O2S/c1-2-16(22)21-10-4-7-14(11-21)18-20-15(12-24-18)8-9-19-17(23)13-5-3-6-13/h12-14H,2-11H2,1H3,(H,19,23). The topological polar surface area (TPSA) is 62.3 Å². The van der Waals surface area contributed by atoms with E-state index in [-0.39, 0.29) is 17.7 Å². The molecule has 1 saturated heterocycles. The van der Waals surface area contributed by atoms with E-state index in [1.165, 1.54) is 6.42 Å². The molecule has 0 bridgehead atoms. The third-order valence-corrected chi connectivity index (χ3v) is 6.21. The monoisotopic (exact) mass is 349 g/mol. The Hall–Kier alpha value is -1.43. The molecule has 3 rings (SSSR count). The van der Waals surface area contributed by atoms with Crippen molar-refractivity contribution in [2.24, 2.45) is 5.92 Å². The Morgan fingerprint density at radius 1 is 1.33 bits per heavy atom. The molecule has 2 aliphatic rings. The van der Waals surface area contributed by atoms with Crippen LogP contribution in [0, 0.1) is 5.92 Å².